The van der Waals surface area contributed by atoms with Gasteiger partial charge in [0.05, 0.1) is 0 Å². The van der Waals surface area contributed by atoms with Crippen LogP contribution in [0.15, 0.2) is 34.9 Å². The van der Waals surface area contributed by atoms with Crippen LogP contribution in [-0.2, 0) is 6.54 Å². The average Bonchev–Trinajstić information content (AvgIpc) is 2.68. The molecule has 0 bridgehead atoms. The molecule has 2 aromatic rings. The lowest BCUT2D eigenvalue weighted by molar-refractivity contribution is 0.572. The zero-order chi connectivity index (χ0) is 10.7. The van der Waals surface area contributed by atoms with Crippen molar-refractivity contribution < 1.29 is 8.81 Å². The molecule has 0 aliphatic rings. The Morgan fingerprint density at radius 1 is 1.33 bits per heavy atom. The van der Waals surface area contributed by atoms with Crippen LogP contribution in [0.5, 0.6) is 0 Å². The fraction of sp³-hybridized carbons (Fsp3) is 0.0909. The molecule has 74 valence electrons. The highest BCUT2D eigenvalue weighted by molar-refractivity contribution is 5.52. The quantitative estimate of drug-likeness (QED) is 0.701. The fourth-order valence-electron chi connectivity index (χ4n) is 1.19. The van der Waals surface area contributed by atoms with Gasteiger partial charge in [0.15, 0.2) is 5.69 Å². The minimum Gasteiger partial charge on any atom is -0.444 e. The molecule has 1 aromatic heterocycles. The Morgan fingerprint density at radius 3 is 2.73 bits per heavy atom. The van der Waals surface area contributed by atoms with Gasteiger partial charge in [-0.25, -0.2) is 15.9 Å². The zero-order valence-corrected chi connectivity index (χ0v) is 7.77. The van der Waals surface area contributed by atoms with E-state index in [1.54, 1.807) is 12.1 Å². The predicted molar refractivity (Wildman–Crippen MR) is 52.2 cm³/mol. The zero-order valence-electron chi connectivity index (χ0n) is 7.77. The SMILES string of the molecule is [C-]#[N+]Cc1coc(-c2ccc(F)cc2)n1. The van der Waals surface area contributed by atoms with Crippen LogP contribution < -0.4 is 0 Å². The van der Waals surface area contributed by atoms with Crippen LogP contribution in [0.2, 0.25) is 0 Å². The summed E-state index contributed by atoms with van der Waals surface area (Å²) in [6, 6.07) is 5.85. The first kappa shape index (κ1) is 9.41. The van der Waals surface area contributed by atoms with E-state index in [1.807, 2.05) is 0 Å². The number of halogens is 1. The van der Waals surface area contributed by atoms with Crippen LogP contribution in [0.1, 0.15) is 5.69 Å². The minimum absolute atomic E-state index is 0.199. The molecule has 1 heterocycles. The number of hydrogen-bond donors (Lipinski definition) is 0. The van der Waals surface area contributed by atoms with Gasteiger partial charge in [-0.2, -0.15) is 0 Å². The summed E-state index contributed by atoms with van der Waals surface area (Å²) in [6.45, 7) is 6.87. The number of aromatic nitrogens is 1. The van der Waals surface area contributed by atoms with Crippen molar-refractivity contribution in [1.82, 2.24) is 4.98 Å². The first-order chi connectivity index (χ1) is 7.29. The molecule has 0 fully saturated rings. The highest BCUT2D eigenvalue weighted by Crippen LogP contribution is 2.19. The Balaban J connectivity index is 2.30. The fourth-order valence-corrected chi connectivity index (χ4v) is 1.19. The molecule has 0 aliphatic carbocycles. The van der Waals surface area contributed by atoms with Gasteiger partial charge in [-0.15, -0.1) is 0 Å². The summed E-state index contributed by atoms with van der Waals surface area (Å²) in [6.07, 6.45) is 1.44. The second-order valence-electron chi connectivity index (χ2n) is 2.97. The van der Waals surface area contributed by atoms with E-state index < -0.39 is 0 Å². The standard InChI is InChI=1S/C11H7FN2O/c1-13-6-10-7-15-11(14-10)8-2-4-9(12)5-3-8/h2-5,7H,6H2. The van der Waals surface area contributed by atoms with Gasteiger partial charge in [0.1, 0.15) is 12.1 Å². The number of hydrogen-bond acceptors (Lipinski definition) is 2. The third-order valence-corrected chi connectivity index (χ3v) is 1.88. The molecule has 4 heteroatoms. The smallest absolute Gasteiger partial charge is 0.259 e. The number of rotatable bonds is 2. The maximum Gasteiger partial charge on any atom is 0.259 e. The summed E-state index contributed by atoms with van der Waals surface area (Å²) in [7, 11) is 0. The van der Waals surface area contributed by atoms with Crippen LogP contribution >= 0.6 is 0 Å². The van der Waals surface area contributed by atoms with Gasteiger partial charge < -0.3 is 9.26 Å². The van der Waals surface area contributed by atoms with Crippen molar-refractivity contribution in [2.75, 3.05) is 0 Å². The molecule has 0 radical (unpaired) electrons. The van der Waals surface area contributed by atoms with E-state index in [0.717, 1.165) is 0 Å². The topological polar surface area (TPSA) is 30.4 Å². The summed E-state index contributed by atoms with van der Waals surface area (Å²) >= 11 is 0. The Bertz CT molecular complexity index is 496. The third kappa shape index (κ3) is 2.02. The Labute approximate surface area is 86.0 Å². The van der Waals surface area contributed by atoms with E-state index in [9.17, 15) is 4.39 Å². The maximum atomic E-state index is 12.6. The van der Waals surface area contributed by atoms with Crippen molar-refractivity contribution in [3.05, 3.63) is 53.5 Å². The molecule has 0 spiro atoms. The van der Waals surface area contributed by atoms with Gasteiger partial charge in [0.25, 0.3) is 6.54 Å². The molecule has 0 unspecified atom stereocenters. The van der Waals surface area contributed by atoms with Gasteiger partial charge in [-0.05, 0) is 24.3 Å². The summed E-state index contributed by atoms with van der Waals surface area (Å²) in [5.41, 5.74) is 1.29. The molecule has 2 rings (SSSR count). The molecule has 15 heavy (non-hydrogen) atoms. The molecular weight excluding hydrogens is 195 g/mol. The lowest BCUT2D eigenvalue weighted by Gasteiger charge is -1.93. The van der Waals surface area contributed by atoms with E-state index in [2.05, 4.69) is 9.83 Å². The van der Waals surface area contributed by atoms with E-state index >= 15 is 0 Å². The Hall–Kier alpha value is -2.15. The molecule has 1 aromatic carbocycles. The maximum absolute atomic E-state index is 12.6. The average molecular weight is 202 g/mol. The van der Waals surface area contributed by atoms with Gasteiger partial charge in [0.2, 0.25) is 5.89 Å². The summed E-state index contributed by atoms with van der Waals surface area (Å²) in [5, 5.41) is 0. The Kier molecular flexibility index (Phi) is 2.46. The third-order valence-electron chi connectivity index (χ3n) is 1.88. The van der Waals surface area contributed by atoms with Crippen molar-refractivity contribution in [2.24, 2.45) is 0 Å². The van der Waals surface area contributed by atoms with Crippen molar-refractivity contribution in [1.29, 1.82) is 0 Å². The molecule has 3 nitrogen and oxygen atoms in total. The van der Waals surface area contributed by atoms with E-state index in [0.29, 0.717) is 17.1 Å². The Morgan fingerprint density at radius 2 is 2.07 bits per heavy atom. The van der Waals surface area contributed by atoms with E-state index in [4.69, 9.17) is 11.0 Å². The first-order valence-electron chi connectivity index (χ1n) is 4.33. The van der Waals surface area contributed by atoms with Crippen molar-refractivity contribution in [3.8, 4) is 11.5 Å². The molecule has 0 saturated carbocycles. The molecule has 0 N–H and O–H groups in total. The van der Waals surface area contributed by atoms with Gasteiger partial charge in [0, 0.05) is 5.56 Å². The van der Waals surface area contributed by atoms with E-state index in [1.165, 1.54) is 18.4 Å². The van der Waals surface area contributed by atoms with Crippen molar-refractivity contribution >= 4 is 0 Å². The van der Waals surface area contributed by atoms with Crippen molar-refractivity contribution in [3.63, 3.8) is 0 Å². The number of benzene rings is 1. The van der Waals surface area contributed by atoms with Crippen LogP contribution in [0, 0.1) is 12.4 Å². The lowest BCUT2D eigenvalue weighted by atomic mass is 10.2. The molecule has 0 aliphatic heterocycles. The largest absolute Gasteiger partial charge is 0.444 e. The summed E-state index contributed by atoms with van der Waals surface area (Å²) < 4.78 is 17.8. The normalized spacial score (nSPS) is 9.87. The van der Waals surface area contributed by atoms with Crippen LogP contribution in [-0.4, -0.2) is 4.98 Å². The van der Waals surface area contributed by atoms with Crippen molar-refractivity contribution in [2.45, 2.75) is 6.54 Å². The van der Waals surface area contributed by atoms with Crippen LogP contribution in [0.3, 0.4) is 0 Å². The highest BCUT2D eigenvalue weighted by atomic mass is 19.1. The molecular formula is C11H7FN2O. The number of oxazole rings is 1. The molecule has 0 saturated heterocycles. The number of nitrogens with zero attached hydrogens (tertiary/aromatic N) is 2. The van der Waals surface area contributed by atoms with E-state index in [-0.39, 0.29) is 12.4 Å². The van der Waals surface area contributed by atoms with Crippen LogP contribution in [0.25, 0.3) is 16.3 Å². The molecule has 0 atom stereocenters. The second kappa shape index (κ2) is 3.93. The lowest BCUT2D eigenvalue weighted by Crippen LogP contribution is -1.81. The van der Waals surface area contributed by atoms with Crippen LogP contribution in [0.4, 0.5) is 4.39 Å². The molecule has 0 amide bonds. The highest BCUT2D eigenvalue weighted by Gasteiger charge is 2.07. The van der Waals surface area contributed by atoms with Gasteiger partial charge >= 0.3 is 0 Å². The predicted octanol–water partition coefficient (Wildman–Crippen LogP) is 2.90. The van der Waals surface area contributed by atoms with Gasteiger partial charge in [-0.3, -0.25) is 0 Å². The summed E-state index contributed by atoms with van der Waals surface area (Å²) in [5.74, 6) is 0.111. The summed E-state index contributed by atoms with van der Waals surface area (Å²) in [4.78, 5) is 7.29. The second-order valence-corrected chi connectivity index (χ2v) is 2.97. The van der Waals surface area contributed by atoms with Gasteiger partial charge in [-0.1, -0.05) is 0 Å². The monoisotopic (exact) mass is 202 g/mol. The minimum atomic E-state index is -0.299. The first-order valence-corrected chi connectivity index (χ1v) is 4.33.